The van der Waals surface area contributed by atoms with Gasteiger partial charge in [0, 0.05) is 42.3 Å². The van der Waals surface area contributed by atoms with Gasteiger partial charge in [-0.1, -0.05) is 0 Å². The van der Waals surface area contributed by atoms with Gasteiger partial charge in [0.1, 0.15) is 5.82 Å². The van der Waals surface area contributed by atoms with E-state index in [9.17, 15) is 4.39 Å². The molecule has 0 aliphatic heterocycles. The summed E-state index contributed by atoms with van der Waals surface area (Å²) in [7, 11) is 0. The number of hydrogen-bond donors (Lipinski definition) is 1. The first-order chi connectivity index (χ1) is 8.81. The van der Waals surface area contributed by atoms with Gasteiger partial charge >= 0.3 is 0 Å². The maximum atomic E-state index is 13.1. The minimum absolute atomic E-state index is 0.325. The SMILES string of the molecule is Fc1cncc(-c2cncc(CNC3CC3)c2)c1. The lowest BCUT2D eigenvalue weighted by atomic mass is 10.1. The molecule has 1 aliphatic rings. The Kier molecular flexibility index (Phi) is 3.02. The number of rotatable bonds is 4. The third-order valence-electron chi connectivity index (χ3n) is 3.01. The molecule has 3 rings (SSSR count). The number of halogens is 1. The molecule has 0 atom stereocenters. The van der Waals surface area contributed by atoms with E-state index < -0.39 is 0 Å². The molecule has 18 heavy (non-hydrogen) atoms. The van der Waals surface area contributed by atoms with Crippen LogP contribution in [0.4, 0.5) is 4.39 Å². The zero-order valence-corrected chi connectivity index (χ0v) is 9.94. The molecule has 0 radical (unpaired) electrons. The predicted molar refractivity (Wildman–Crippen MR) is 67.3 cm³/mol. The summed E-state index contributed by atoms with van der Waals surface area (Å²) in [4.78, 5) is 8.05. The van der Waals surface area contributed by atoms with E-state index in [1.165, 1.54) is 25.1 Å². The van der Waals surface area contributed by atoms with E-state index in [1.54, 1.807) is 12.4 Å². The molecule has 0 amide bonds. The summed E-state index contributed by atoms with van der Waals surface area (Å²) in [5.41, 5.74) is 2.77. The van der Waals surface area contributed by atoms with Crippen molar-refractivity contribution in [3.05, 3.63) is 48.3 Å². The molecular formula is C14H14FN3. The third-order valence-corrected chi connectivity index (χ3v) is 3.01. The van der Waals surface area contributed by atoms with Crippen LogP contribution in [0.1, 0.15) is 18.4 Å². The Balaban J connectivity index is 1.80. The van der Waals surface area contributed by atoms with Crippen molar-refractivity contribution in [3.8, 4) is 11.1 Å². The fraction of sp³-hybridized carbons (Fsp3) is 0.286. The van der Waals surface area contributed by atoms with Crippen LogP contribution in [0.25, 0.3) is 11.1 Å². The van der Waals surface area contributed by atoms with E-state index in [0.717, 1.165) is 23.2 Å². The normalized spacial score (nSPS) is 14.7. The molecule has 2 heterocycles. The first-order valence-corrected chi connectivity index (χ1v) is 6.09. The highest BCUT2D eigenvalue weighted by atomic mass is 19.1. The van der Waals surface area contributed by atoms with E-state index >= 15 is 0 Å². The van der Waals surface area contributed by atoms with Crippen molar-refractivity contribution in [3.63, 3.8) is 0 Å². The zero-order valence-electron chi connectivity index (χ0n) is 9.94. The fourth-order valence-electron chi connectivity index (χ4n) is 1.86. The number of hydrogen-bond acceptors (Lipinski definition) is 3. The molecule has 0 spiro atoms. The van der Waals surface area contributed by atoms with E-state index in [2.05, 4.69) is 15.3 Å². The van der Waals surface area contributed by atoms with Crippen LogP contribution in [0.3, 0.4) is 0 Å². The molecule has 1 saturated carbocycles. The van der Waals surface area contributed by atoms with E-state index in [-0.39, 0.29) is 5.82 Å². The second-order valence-electron chi connectivity index (χ2n) is 4.63. The lowest BCUT2D eigenvalue weighted by Crippen LogP contribution is -2.15. The van der Waals surface area contributed by atoms with E-state index in [0.29, 0.717) is 6.04 Å². The Morgan fingerprint density at radius 1 is 1.06 bits per heavy atom. The molecule has 2 aromatic heterocycles. The molecular weight excluding hydrogens is 229 g/mol. The van der Waals surface area contributed by atoms with Crippen molar-refractivity contribution in [2.24, 2.45) is 0 Å². The summed E-state index contributed by atoms with van der Waals surface area (Å²) < 4.78 is 13.1. The van der Waals surface area contributed by atoms with Gasteiger partial charge in [-0.05, 0) is 30.5 Å². The first kappa shape index (κ1) is 11.3. The number of nitrogens with zero attached hydrogens (tertiary/aromatic N) is 2. The van der Waals surface area contributed by atoms with E-state index in [4.69, 9.17) is 0 Å². The Morgan fingerprint density at radius 2 is 1.78 bits per heavy atom. The number of aromatic nitrogens is 2. The summed E-state index contributed by atoms with van der Waals surface area (Å²) in [5, 5.41) is 3.43. The van der Waals surface area contributed by atoms with Gasteiger partial charge in [-0.25, -0.2) is 4.39 Å². The zero-order chi connectivity index (χ0) is 12.4. The molecule has 1 N–H and O–H groups in total. The molecule has 2 aromatic rings. The second kappa shape index (κ2) is 4.82. The quantitative estimate of drug-likeness (QED) is 0.896. The van der Waals surface area contributed by atoms with Crippen LogP contribution >= 0.6 is 0 Å². The third kappa shape index (κ3) is 2.71. The molecule has 92 valence electrons. The van der Waals surface area contributed by atoms with Gasteiger partial charge in [0.05, 0.1) is 6.20 Å². The molecule has 4 heteroatoms. The van der Waals surface area contributed by atoms with E-state index in [1.807, 2.05) is 12.3 Å². The van der Waals surface area contributed by atoms with Crippen molar-refractivity contribution in [1.82, 2.24) is 15.3 Å². The Bertz CT molecular complexity index is 552. The smallest absolute Gasteiger partial charge is 0.142 e. The summed E-state index contributed by atoms with van der Waals surface area (Å²) >= 11 is 0. The first-order valence-electron chi connectivity index (χ1n) is 6.09. The maximum absolute atomic E-state index is 13.1. The monoisotopic (exact) mass is 243 g/mol. The lowest BCUT2D eigenvalue weighted by molar-refractivity contribution is 0.622. The van der Waals surface area contributed by atoms with Gasteiger partial charge in [-0.3, -0.25) is 9.97 Å². The molecule has 3 nitrogen and oxygen atoms in total. The van der Waals surface area contributed by atoms with Crippen molar-refractivity contribution >= 4 is 0 Å². The van der Waals surface area contributed by atoms with Gasteiger partial charge in [0.15, 0.2) is 0 Å². The van der Waals surface area contributed by atoms with Crippen LogP contribution < -0.4 is 5.32 Å². The van der Waals surface area contributed by atoms with Crippen LogP contribution in [0.2, 0.25) is 0 Å². The average molecular weight is 243 g/mol. The van der Waals surface area contributed by atoms with Gasteiger partial charge in [0.2, 0.25) is 0 Å². The summed E-state index contributed by atoms with van der Waals surface area (Å²) in [6, 6.07) is 4.17. The van der Waals surface area contributed by atoms with Gasteiger partial charge in [-0.2, -0.15) is 0 Å². The minimum atomic E-state index is -0.325. The molecule has 0 aromatic carbocycles. The number of pyridine rings is 2. The molecule has 1 fully saturated rings. The van der Waals surface area contributed by atoms with Gasteiger partial charge in [0.25, 0.3) is 0 Å². The van der Waals surface area contributed by atoms with Crippen LogP contribution in [-0.4, -0.2) is 16.0 Å². The Labute approximate surface area is 105 Å². The van der Waals surface area contributed by atoms with Crippen molar-refractivity contribution in [2.75, 3.05) is 0 Å². The van der Waals surface area contributed by atoms with Crippen molar-refractivity contribution in [2.45, 2.75) is 25.4 Å². The highest BCUT2D eigenvalue weighted by Crippen LogP contribution is 2.21. The Morgan fingerprint density at radius 3 is 2.50 bits per heavy atom. The van der Waals surface area contributed by atoms with Crippen molar-refractivity contribution < 1.29 is 4.39 Å². The maximum Gasteiger partial charge on any atom is 0.142 e. The van der Waals surface area contributed by atoms with Gasteiger partial charge in [-0.15, -0.1) is 0 Å². The number of nitrogens with one attached hydrogen (secondary N) is 1. The largest absolute Gasteiger partial charge is 0.310 e. The summed E-state index contributed by atoms with van der Waals surface area (Å²) in [6.45, 7) is 0.814. The van der Waals surface area contributed by atoms with Crippen LogP contribution in [0.5, 0.6) is 0 Å². The van der Waals surface area contributed by atoms with Crippen LogP contribution in [-0.2, 0) is 6.54 Å². The second-order valence-corrected chi connectivity index (χ2v) is 4.63. The topological polar surface area (TPSA) is 37.8 Å². The molecule has 1 aliphatic carbocycles. The average Bonchev–Trinajstić information content (AvgIpc) is 3.21. The highest BCUT2D eigenvalue weighted by Gasteiger charge is 2.19. The Hall–Kier alpha value is -1.81. The summed E-state index contributed by atoms with van der Waals surface area (Å²) in [6.07, 6.45) is 8.96. The summed E-state index contributed by atoms with van der Waals surface area (Å²) in [5.74, 6) is -0.325. The minimum Gasteiger partial charge on any atom is -0.310 e. The lowest BCUT2D eigenvalue weighted by Gasteiger charge is -2.05. The predicted octanol–water partition coefficient (Wildman–Crippen LogP) is 2.53. The highest BCUT2D eigenvalue weighted by molar-refractivity contribution is 5.61. The molecule has 0 bridgehead atoms. The standard InChI is InChI=1S/C14H14FN3/c15-13-4-12(8-17-9-13)11-3-10(5-16-7-11)6-18-14-1-2-14/h3-5,7-9,14,18H,1-2,6H2. The fourth-order valence-corrected chi connectivity index (χ4v) is 1.86. The van der Waals surface area contributed by atoms with Crippen LogP contribution in [0, 0.1) is 5.82 Å². The molecule has 0 unspecified atom stereocenters. The van der Waals surface area contributed by atoms with Crippen LogP contribution in [0.15, 0.2) is 36.9 Å². The van der Waals surface area contributed by atoms with Crippen molar-refractivity contribution in [1.29, 1.82) is 0 Å². The van der Waals surface area contributed by atoms with Gasteiger partial charge < -0.3 is 5.32 Å². The molecule has 0 saturated heterocycles.